The number of nitrogens with one attached hydrogen (secondary N) is 1. The van der Waals surface area contributed by atoms with E-state index >= 15 is 0 Å². The van der Waals surface area contributed by atoms with Gasteiger partial charge in [-0.1, -0.05) is 33.1 Å². The summed E-state index contributed by atoms with van der Waals surface area (Å²) in [6.45, 7) is 8.15. The summed E-state index contributed by atoms with van der Waals surface area (Å²) in [6.07, 6.45) is 9.22. The number of hydrogen-bond donors (Lipinski definition) is 1. The van der Waals surface area contributed by atoms with Crippen molar-refractivity contribution in [3.05, 3.63) is 16.6 Å². The molecule has 1 aliphatic carbocycles. The first-order valence-electron chi connectivity index (χ1n) is 8.59. The van der Waals surface area contributed by atoms with Crippen molar-refractivity contribution in [2.45, 2.75) is 64.6 Å². The van der Waals surface area contributed by atoms with E-state index in [9.17, 15) is 0 Å². The van der Waals surface area contributed by atoms with E-state index in [2.05, 4.69) is 29.0 Å². The fraction of sp³-hybridized carbons (Fsp3) is 0.824. The Morgan fingerprint density at radius 3 is 2.81 bits per heavy atom. The first-order chi connectivity index (χ1) is 10.2. The minimum Gasteiger partial charge on any atom is -0.311 e. The molecule has 2 unspecified atom stereocenters. The first kappa shape index (κ1) is 15.4. The zero-order valence-corrected chi connectivity index (χ0v) is 14.2. The maximum absolute atomic E-state index is 4.24. The molecule has 1 aromatic heterocycles. The Hall–Kier alpha value is -0.450. The maximum atomic E-state index is 4.24. The smallest absolute Gasteiger partial charge is 0.0794 e. The monoisotopic (exact) mass is 307 g/mol. The Labute approximate surface area is 133 Å². The third-order valence-electron chi connectivity index (χ3n) is 5.32. The predicted molar refractivity (Wildman–Crippen MR) is 89.5 cm³/mol. The Morgan fingerprint density at radius 1 is 1.33 bits per heavy atom. The normalized spacial score (nSPS) is 29.1. The summed E-state index contributed by atoms with van der Waals surface area (Å²) in [5.41, 5.74) is 1.96. The third kappa shape index (κ3) is 3.85. The maximum Gasteiger partial charge on any atom is 0.0794 e. The van der Waals surface area contributed by atoms with Gasteiger partial charge in [0.25, 0.3) is 0 Å². The molecule has 0 bridgehead atoms. The highest BCUT2D eigenvalue weighted by Gasteiger charge is 2.34. The van der Waals surface area contributed by atoms with Gasteiger partial charge in [0.1, 0.15) is 0 Å². The van der Waals surface area contributed by atoms with Crippen LogP contribution in [0.15, 0.2) is 11.7 Å². The van der Waals surface area contributed by atoms with E-state index in [4.69, 9.17) is 0 Å². The number of nitrogens with zero attached hydrogens (tertiary/aromatic N) is 2. The lowest BCUT2D eigenvalue weighted by Gasteiger charge is -2.45. The molecule has 2 atom stereocenters. The number of rotatable bonds is 4. The minimum atomic E-state index is 0.659. The van der Waals surface area contributed by atoms with Crippen LogP contribution in [0, 0.1) is 11.8 Å². The van der Waals surface area contributed by atoms with E-state index in [1.54, 1.807) is 11.3 Å². The molecule has 4 heteroatoms. The second kappa shape index (κ2) is 7.21. The molecule has 1 aliphatic heterocycles. The van der Waals surface area contributed by atoms with E-state index in [0.29, 0.717) is 18.0 Å². The summed E-state index contributed by atoms with van der Waals surface area (Å²) >= 11 is 1.79. The fourth-order valence-corrected chi connectivity index (χ4v) is 4.68. The van der Waals surface area contributed by atoms with Crippen LogP contribution >= 0.6 is 11.3 Å². The van der Waals surface area contributed by atoms with E-state index in [1.165, 1.54) is 43.5 Å². The van der Waals surface area contributed by atoms with Gasteiger partial charge >= 0.3 is 0 Å². The van der Waals surface area contributed by atoms with Crippen molar-refractivity contribution >= 4 is 11.3 Å². The van der Waals surface area contributed by atoms with Crippen molar-refractivity contribution in [2.75, 3.05) is 13.1 Å². The highest BCUT2D eigenvalue weighted by Crippen LogP contribution is 2.30. The SMILES string of the molecule is CC(C)C1CNC(C2CCCCC2)CN1Cc1cncs1. The molecule has 1 saturated carbocycles. The van der Waals surface area contributed by atoms with Gasteiger partial charge in [-0.15, -0.1) is 11.3 Å². The number of thiazole rings is 1. The molecule has 0 spiro atoms. The summed E-state index contributed by atoms with van der Waals surface area (Å²) in [5.74, 6) is 1.61. The van der Waals surface area contributed by atoms with Gasteiger partial charge in [0.2, 0.25) is 0 Å². The van der Waals surface area contributed by atoms with Gasteiger partial charge in [0.05, 0.1) is 5.51 Å². The van der Waals surface area contributed by atoms with Crippen LogP contribution in [0.3, 0.4) is 0 Å². The van der Waals surface area contributed by atoms with Gasteiger partial charge in [0, 0.05) is 42.8 Å². The fourth-order valence-electron chi connectivity index (χ4n) is 4.07. The number of hydrogen-bond acceptors (Lipinski definition) is 4. The van der Waals surface area contributed by atoms with Gasteiger partial charge in [-0.2, -0.15) is 0 Å². The Bertz CT molecular complexity index is 412. The standard InChI is InChI=1S/C17H29N3S/c1-13(2)17-9-19-16(14-6-4-3-5-7-14)11-20(17)10-15-8-18-12-21-15/h8,12-14,16-17,19H,3-7,9-11H2,1-2H3. The largest absolute Gasteiger partial charge is 0.311 e. The van der Waals surface area contributed by atoms with Crippen LogP contribution in [0.1, 0.15) is 50.8 Å². The molecule has 2 fully saturated rings. The van der Waals surface area contributed by atoms with Crippen molar-refractivity contribution in [2.24, 2.45) is 11.8 Å². The molecule has 2 aliphatic rings. The Balaban J connectivity index is 1.65. The molecule has 1 N–H and O–H groups in total. The Morgan fingerprint density at radius 2 is 2.14 bits per heavy atom. The molecule has 1 aromatic rings. The lowest BCUT2D eigenvalue weighted by Crippen LogP contribution is -2.59. The quantitative estimate of drug-likeness (QED) is 0.922. The molecule has 0 aromatic carbocycles. The third-order valence-corrected chi connectivity index (χ3v) is 6.08. The van der Waals surface area contributed by atoms with E-state index in [1.807, 2.05) is 11.7 Å². The van der Waals surface area contributed by atoms with Gasteiger partial charge in [-0.05, 0) is 24.7 Å². The van der Waals surface area contributed by atoms with Crippen LogP contribution in [0.4, 0.5) is 0 Å². The predicted octanol–water partition coefficient (Wildman–Crippen LogP) is 3.52. The molecule has 3 rings (SSSR count). The lowest BCUT2D eigenvalue weighted by atomic mass is 9.82. The summed E-state index contributed by atoms with van der Waals surface area (Å²) < 4.78 is 0. The minimum absolute atomic E-state index is 0.659. The van der Waals surface area contributed by atoms with E-state index < -0.39 is 0 Å². The molecule has 0 amide bonds. The van der Waals surface area contributed by atoms with Crippen LogP contribution in [0.25, 0.3) is 0 Å². The van der Waals surface area contributed by atoms with Crippen molar-refractivity contribution < 1.29 is 0 Å². The zero-order chi connectivity index (χ0) is 14.7. The molecule has 2 heterocycles. The van der Waals surface area contributed by atoms with Crippen molar-refractivity contribution in [3.63, 3.8) is 0 Å². The van der Waals surface area contributed by atoms with Gasteiger partial charge in [-0.25, -0.2) is 0 Å². The zero-order valence-electron chi connectivity index (χ0n) is 13.4. The number of piperazine rings is 1. The average molecular weight is 308 g/mol. The highest BCUT2D eigenvalue weighted by molar-refractivity contribution is 7.09. The summed E-state index contributed by atoms with van der Waals surface area (Å²) in [6, 6.07) is 1.36. The summed E-state index contributed by atoms with van der Waals surface area (Å²) in [5, 5.41) is 3.88. The average Bonchev–Trinajstić information content (AvgIpc) is 3.01. The van der Waals surface area contributed by atoms with Gasteiger partial charge in [0.15, 0.2) is 0 Å². The first-order valence-corrected chi connectivity index (χ1v) is 9.47. The lowest BCUT2D eigenvalue weighted by molar-refractivity contribution is 0.0667. The second-order valence-corrected chi connectivity index (χ2v) is 8.09. The molecular weight excluding hydrogens is 278 g/mol. The summed E-state index contributed by atoms with van der Waals surface area (Å²) in [7, 11) is 0. The second-order valence-electron chi connectivity index (χ2n) is 7.12. The number of aromatic nitrogens is 1. The van der Waals surface area contributed by atoms with Crippen LogP contribution in [-0.2, 0) is 6.54 Å². The molecule has 1 saturated heterocycles. The van der Waals surface area contributed by atoms with Crippen LogP contribution < -0.4 is 5.32 Å². The van der Waals surface area contributed by atoms with Crippen LogP contribution in [-0.4, -0.2) is 35.1 Å². The molecule has 0 radical (unpaired) electrons. The van der Waals surface area contributed by atoms with E-state index in [-0.39, 0.29) is 0 Å². The van der Waals surface area contributed by atoms with Crippen molar-refractivity contribution in [3.8, 4) is 0 Å². The topological polar surface area (TPSA) is 28.2 Å². The van der Waals surface area contributed by atoms with Crippen molar-refractivity contribution in [1.82, 2.24) is 15.2 Å². The van der Waals surface area contributed by atoms with E-state index in [0.717, 1.165) is 19.0 Å². The highest BCUT2D eigenvalue weighted by atomic mass is 32.1. The van der Waals surface area contributed by atoms with Gasteiger partial charge in [-0.3, -0.25) is 9.88 Å². The van der Waals surface area contributed by atoms with Crippen LogP contribution in [0.5, 0.6) is 0 Å². The molecule has 118 valence electrons. The van der Waals surface area contributed by atoms with Crippen LogP contribution in [0.2, 0.25) is 0 Å². The van der Waals surface area contributed by atoms with Gasteiger partial charge < -0.3 is 5.32 Å². The molecule has 3 nitrogen and oxygen atoms in total. The molecular formula is C17H29N3S. The molecule has 21 heavy (non-hydrogen) atoms. The summed E-state index contributed by atoms with van der Waals surface area (Å²) in [4.78, 5) is 8.37. The van der Waals surface area contributed by atoms with Crippen molar-refractivity contribution in [1.29, 1.82) is 0 Å². The Kier molecular flexibility index (Phi) is 5.30.